The first kappa shape index (κ1) is 22.1. The molecule has 0 atom stereocenters. The summed E-state index contributed by atoms with van der Waals surface area (Å²) >= 11 is 0. The standard InChI is InChI=1S/C27H29FN4O3/c28-20-9-7-18(25-31-30-24-6-2-1-5-13-32(24)25)16-21(20)29-26(33)27(11-3-4-12-27)19-8-10-22-23(17-19)35-15-14-34-22/h7-10,16-17H,1-6,11-15H2,(H,29,33). The summed E-state index contributed by atoms with van der Waals surface area (Å²) in [6, 6.07) is 10.5. The highest BCUT2D eigenvalue weighted by atomic mass is 19.1. The highest BCUT2D eigenvalue weighted by molar-refractivity contribution is 6.00. The number of aryl methyl sites for hydroxylation is 1. The lowest BCUT2D eigenvalue weighted by Gasteiger charge is -2.30. The first-order chi connectivity index (χ1) is 17.1. The second-order valence-corrected chi connectivity index (χ2v) is 9.70. The van der Waals surface area contributed by atoms with E-state index in [0.717, 1.165) is 67.8 Å². The molecule has 0 radical (unpaired) electrons. The number of ether oxygens (including phenoxy) is 2. The van der Waals surface area contributed by atoms with Crippen LogP contribution in [0.2, 0.25) is 0 Å². The lowest BCUT2D eigenvalue weighted by atomic mass is 9.77. The minimum absolute atomic E-state index is 0.169. The molecule has 7 nitrogen and oxygen atoms in total. The normalized spacial score (nSPS) is 18.5. The number of rotatable bonds is 4. The Balaban J connectivity index is 1.31. The predicted molar refractivity (Wildman–Crippen MR) is 129 cm³/mol. The summed E-state index contributed by atoms with van der Waals surface area (Å²) in [5, 5.41) is 11.7. The molecule has 35 heavy (non-hydrogen) atoms. The van der Waals surface area contributed by atoms with Crippen molar-refractivity contribution < 1.29 is 18.7 Å². The number of nitrogens with one attached hydrogen (secondary N) is 1. The van der Waals surface area contributed by atoms with Gasteiger partial charge in [-0.1, -0.05) is 25.3 Å². The number of hydrogen-bond acceptors (Lipinski definition) is 5. The van der Waals surface area contributed by atoms with Crippen molar-refractivity contribution in [3.05, 3.63) is 53.6 Å². The Kier molecular flexibility index (Phi) is 5.66. The van der Waals surface area contributed by atoms with Crippen LogP contribution in [0.5, 0.6) is 11.5 Å². The number of carbonyl (C=O) groups excluding carboxylic acids is 1. The fourth-order valence-corrected chi connectivity index (χ4v) is 5.67. The Bertz CT molecular complexity index is 1270. The van der Waals surface area contributed by atoms with Crippen LogP contribution in [0.15, 0.2) is 36.4 Å². The van der Waals surface area contributed by atoms with Gasteiger partial charge >= 0.3 is 0 Å². The number of halogens is 1. The monoisotopic (exact) mass is 476 g/mol. The van der Waals surface area contributed by atoms with Crippen molar-refractivity contribution in [2.75, 3.05) is 18.5 Å². The highest BCUT2D eigenvalue weighted by Crippen LogP contribution is 2.45. The summed E-state index contributed by atoms with van der Waals surface area (Å²) in [6.07, 6.45) is 7.53. The van der Waals surface area contributed by atoms with Gasteiger partial charge in [0, 0.05) is 18.5 Å². The topological polar surface area (TPSA) is 78.3 Å². The van der Waals surface area contributed by atoms with Crippen LogP contribution in [0.3, 0.4) is 0 Å². The molecule has 1 amide bonds. The SMILES string of the molecule is O=C(Nc1cc(-c2nnc3n2CCCCC3)ccc1F)C1(c2ccc3c(c2)OCCO3)CCCC1. The molecule has 3 aromatic rings. The molecule has 3 heterocycles. The Labute approximate surface area is 203 Å². The second-order valence-electron chi connectivity index (χ2n) is 9.70. The van der Waals surface area contributed by atoms with E-state index in [1.165, 1.54) is 6.07 Å². The van der Waals surface area contributed by atoms with E-state index in [9.17, 15) is 9.18 Å². The molecular weight excluding hydrogens is 447 g/mol. The smallest absolute Gasteiger partial charge is 0.235 e. The maximum atomic E-state index is 14.9. The average molecular weight is 477 g/mol. The van der Waals surface area contributed by atoms with E-state index >= 15 is 0 Å². The summed E-state index contributed by atoms with van der Waals surface area (Å²) in [6.45, 7) is 1.85. The molecule has 1 aliphatic carbocycles. The van der Waals surface area contributed by atoms with Crippen molar-refractivity contribution in [2.24, 2.45) is 0 Å². The van der Waals surface area contributed by atoms with Gasteiger partial charge in [0.2, 0.25) is 5.91 Å². The molecule has 8 heteroatoms. The fourth-order valence-electron chi connectivity index (χ4n) is 5.67. The van der Waals surface area contributed by atoms with Gasteiger partial charge in [0.25, 0.3) is 0 Å². The van der Waals surface area contributed by atoms with Crippen molar-refractivity contribution in [1.82, 2.24) is 14.8 Å². The molecule has 1 saturated carbocycles. The minimum atomic E-state index is -0.732. The van der Waals surface area contributed by atoms with Gasteiger partial charge in [-0.3, -0.25) is 4.79 Å². The van der Waals surface area contributed by atoms with Crippen molar-refractivity contribution in [1.29, 1.82) is 0 Å². The average Bonchev–Trinajstić information content (AvgIpc) is 3.48. The Morgan fingerprint density at radius 1 is 0.943 bits per heavy atom. The molecule has 0 spiro atoms. The molecule has 3 aliphatic rings. The largest absolute Gasteiger partial charge is 0.486 e. The second kappa shape index (κ2) is 8.98. The molecule has 182 valence electrons. The highest BCUT2D eigenvalue weighted by Gasteiger charge is 2.43. The van der Waals surface area contributed by atoms with Crippen LogP contribution >= 0.6 is 0 Å². The molecular formula is C27H29FN4O3. The summed E-state index contributed by atoms with van der Waals surface area (Å²) in [5.74, 6) is 2.39. The van der Waals surface area contributed by atoms with E-state index in [1.807, 2.05) is 18.2 Å². The number of amides is 1. The van der Waals surface area contributed by atoms with Crippen molar-refractivity contribution >= 4 is 11.6 Å². The van der Waals surface area contributed by atoms with E-state index in [0.29, 0.717) is 37.6 Å². The molecule has 0 saturated heterocycles. The van der Waals surface area contributed by atoms with Gasteiger partial charge < -0.3 is 19.4 Å². The summed E-state index contributed by atoms with van der Waals surface area (Å²) in [4.78, 5) is 13.8. The molecule has 6 rings (SSSR count). The van der Waals surface area contributed by atoms with Gasteiger partial charge in [-0.15, -0.1) is 10.2 Å². The lowest BCUT2D eigenvalue weighted by Crippen LogP contribution is -2.38. The predicted octanol–water partition coefficient (Wildman–Crippen LogP) is 5.03. The van der Waals surface area contributed by atoms with E-state index in [4.69, 9.17) is 9.47 Å². The van der Waals surface area contributed by atoms with Crippen LogP contribution in [-0.4, -0.2) is 33.9 Å². The molecule has 1 fully saturated rings. The van der Waals surface area contributed by atoms with Crippen LogP contribution in [0.25, 0.3) is 11.4 Å². The van der Waals surface area contributed by atoms with Crippen LogP contribution in [0.4, 0.5) is 10.1 Å². The van der Waals surface area contributed by atoms with Gasteiger partial charge in [-0.2, -0.15) is 0 Å². The van der Waals surface area contributed by atoms with E-state index in [2.05, 4.69) is 20.1 Å². The number of aromatic nitrogens is 3. The number of fused-ring (bicyclic) bond motifs is 2. The van der Waals surface area contributed by atoms with Gasteiger partial charge in [0.1, 0.15) is 24.9 Å². The quantitative estimate of drug-likeness (QED) is 0.571. The van der Waals surface area contributed by atoms with Crippen molar-refractivity contribution in [3.63, 3.8) is 0 Å². The number of carbonyl (C=O) groups is 1. The van der Waals surface area contributed by atoms with Crippen LogP contribution in [0, 0.1) is 5.82 Å². The van der Waals surface area contributed by atoms with E-state index in [1.54, 1.807) is 12.1 Å². The van der Waals surface area contributed by atoms with Gasteiger partial charge in [-0.25, -0.2) is 4.39 Å². The van der Waals surface area contributed by atoms with Crippen LogP contribution in [0.1, 0.15) is 56.3 Å². The van der Waals surface area contributed by atoms with Crippen molar-refractivity contribution in [3.8, 4) is 22.9 Å². The fraction of sp³-hybridized carbons (Fsp3) is 0.444. The summed E-state index contributed by atoms with van der Waals surface area (Å²) in [5.41, 5.74) is 1.07. The first-order valence-electron chi connectivity index (χ1n) is 12.6. The van der Waals surface area contributed by atoms with Crippen molar-refractivity contribution in [2.45, 2.75) is 63.3 Å². The van der Waals surface area contributed by atoms with E-state index < -0.39 is 11.2 Å². The Morgan fingerprint density at radius 3 is 2.63 bits per heavy atom. The third-order valence-corrected chi connectivity index (χ3v) is 7.57. The molecule has 0 bridgehead atoms. The van der Waals surface area contributed by atoms with Crippen LogP contribution in [-0.2, 0) is 23.2 Å². The number of anilines is 1. The first-order valence-corrected chi connectivity index (χ1v) is 12.6. The lowest BCUT2D eigenvalue weighted by molar-refractivity contribution is -0.121. The number of hydrogen-bond donors (Lipinski definition) is 1. The molecule has 1 N–H and O–H groups in total. The molecule has 2 aliphatic heterocycles. The zero-order valence-electron chi connectivity index (χ0n) is 19.7. The molecule has 2 aromatic carbocycles. The van der Waals surface area contributed by atoms with E-state index in [-0.39, 0.29) is 11.6 Å². The van der Waals surface area contributed by atoms with Gasteiger partial charge in [0.05, 0.1) is 11.1 Å². The minimum Gasteiger partial charge on any atom is -0.486 e. The van der Waals surface area contributed by atoms with Gasteiger partial charge in [-0.05, 0) is 61.6 Å². The number of benzene rings is 2. The van der Waals surface area contributed by atoms with Gasteiger partial charge in [0.15, 0.2) is 17.3 Å². The molecule has 0 unspecified atom stereocenters. The third kappa shape index (κ3) is 3.94. The summed E-state index contributed by atoms with van der Waals surface area (Å²) < 4.78 is 28.5. The number of nitrogens with zero attached hydrogens (tertiary/aromatic N) is 3. The maximum Gasteiger partial charge on any atom is 0.235 e. The Morgan fingerprint density at radius 2 is 1.77 bits per heavy atom. The molecule has 1 aromatic heterocycles. The zero-order chi connectivity index (χ0) is 23.8. The zero-order valence-corrected chi connectivity index (χ0v) is 19.7. The summed E-state index contributed by atoms with van der Waals surface area (Å²) in [7, 11) is 0. The third-order valence-electron chi connectivity index (χ3n) is 7.57. The maximum absolute atomic E-state index is 14.9. The Hall–Kier alpha value is -3.42. The van der Waals surface area contributed by atoms with Crippen LogP contribution < -0.4 is 14.8 Å².